The topological polar surface area (TPSA) is 83.7 Å². The third kappa shape index (κ3) is 3.74. The van der Waals surface area contributed by atoms with Gasteiger partial charge in [-0.25, -0.2) is 0 Å². The molecule has 110 valence electrons. The minimum Gasteiger partial charge on any atom is -0.481 e. The third-order valence-corrected chi connectivity index (χ3v) is 3.57. The van der Waals surface area contributed by atoms with Gasteiger partial charge in [0, 0.05) is 19.2 Å². The van der Waals surface area contributed by atoms with Crippen LogP contribution in [0.1, 0.15) is 13.8 Å². The molecule has 8 heteroatoms. The number of nitro benzene ring substituents is 1. The number of aliphatic carboxylic acids is 1. The van der Waals surface area contributed by atoms with Crippen LogP contribution in [0.3, 0.4) is 0 Å². The van der Waals surface area contributed by atoms with Gasteiger partial charge in [0.25, 0.3) is 5.69 Å². The summed E-state index contributed by atoms with van der Waals surface area (Å²) in [5.74, 6) is -1.63. The molecular weight excluding hydrogens is 307 g/mol. The lowest BCUT2D eigenvalue weighted by atomic mass is 10.1. The van der Waals surface area contributed by atoms with Crippen LogP contribution in [0.2, 0.25) is 10.0 Å². The number of carbonyl (C=O) groups is 1. The van der Waals surface area contributed by atoms with E-state index >= 15 is 0 Å². The van der Waals surface area contributed by atoms with Crippen LogP contribution in [0.15, 0.2) is 12.1 Å². The summed E-state index contributed by atoms with van der Waals surface area (Å²) < 4.78 is 0. The van der Waals surface area contributed by atoms with Crippen molar-refractivity contribution in [3.63, 3.8) is 0 Å². The molecule has 0 bridgehead atoms. The van der Waals surface area contributed by atoms with Gasteiger partial charge in [0.05, 0.1) is 20.9 Å². The summed E-state index contributed by atoms with van der Waals surface area (Å²) in [6, 6.07) is 2.56. The fourth-order valence-electron chi connectivity index (χ4n) is 1.73. The normalized spacial score (nSPS) is 12.0. The maximum absolute atomic E-state index is 11.1. The van der Waals surface area contributed by atoms with Crippen molar-refractivity contribution in [1.82, 2.24) is 0 Å². The van der Waals surface area contributed by atoms with Gasteiger partial charge in [0.1, 0.15) is 5.69 Å². The Balaban J connectivity index is 3.23. The van der Waals surface area contributed by atoms with Gasteiger partial charge < -0.3 is 10.0 Å². The van der Waals surface area contributed by atoms with E-state index < -0.39 is 16.8 Å². The molecule has 0 radical (unpaired) electrons. The molecule has 20 heavy (non-hydrogen) atoms. The summed E-state index contributed by atoms with van der Waals surface area (Å²) in [6.45, 7) is 3.87. The third-order valence-electron chi connectivity index (χ3n) is 2.85. The highest BCUT2D eigenvalue weighted by Gasteiger charge is 2.24. The number of hydrogen-bond donors (Lipinski definition) is 1. The first kappa shape index (κ1) is 16.5. The van der Waals surface area contributed by atoms with Crippen molar-refractivity contribution < 1.29 is 14.8 Å². The molecule has 1 aromatic carbocycles. The van der Waals surface area contributed by atoms with Crippen molar-refractivity contribution in [1.29, 1.82) is 0 Å². The Hall–Kier alpha value is -1.53. The highest BCUT2D eigenvalue weighted by atomic mass is 35.5. The molecule has 0 spiro atoms. The lowest BCUT2D eigenvalue weighted by molar-refractivity contribution is -0.384. The molecule has 1 rings (SSSR count). The molecule has 0 fully saturated rings. The van der Waals surface area contributed by atoms with Gasteiger partial charge in [-0.3, -0.25) is 14.9 Å². The van der Waals surface area contributed by atoms with E-state index in [1.165, 1.54) is 19.1 Å². The maximum Gasteiger partial charge on any atom is 0.308 e. The maximum atomic E-state index is 11.1. The van der Waals surface area contributed by atoms with Crippen LogP contribution in [0.4, 0.5) is 11.4 Å². The Bertz CT molecular complexity index is 536. The van der Waals surface area contributed by atoms with Crippen LogP contribution in [-0.2, 0) is 4.79 Å². The average Bonchev–Trinajstić information content (AvgIpc) is 2.38. The van der Waals surface area contributed by atoms with E-state index in [1.807, 2.05) is 0 Å². The zero-order valence-electron chi connectivity index (χ0n) is 11.0. The van der Waals surface area contributed by atoms with E-state index in [2.05, 4.69) is 0 Å². The van der Waals surface area contributed by atoms with Gasteiger partial charge in [-0.1, -0.05) is 30.1 Å². The summed E-state index contributed by atoms with van der Waals surface area (Å²) in [7, 11) is 0. The standard InChI is InChI=1S/C12H14Cl2N2O4/c1-3-15(6-7(2)12(17)18)10-4-8(13)9(14)5-11(10)16(19)20/h4-5,7H,3,6H2,1-2H3,(H,17,18). The molecule has 0 heterocycles. The molecule has 1 aromatic rings. The Labute approximate surface area is 126 Å². The van der Waals surface area contributed by atoms with Gasteiger partial charge in [-0.2, -0.15) is 0 Å². The van der Waals surface area contributed by atoms with Gasteiger partial charge >= 0.3 is 5.97 Å². The van der Waals surface area contributed by atoms with Gasteiger partial charge in [0.2, 0.25) is 0 Å². The Morgan fingerprint density at radius 2 is 2.00 bits per heavy atom. The summed E-state index contributed by atoms with van der Waals surface area (Å²) >= 11 is 11.7. The lowest BCUT2D eigenvalue weighted by Gasteiger charge is -2.25. The monoisotopic (exact) mass is 320 g/mol. The second-order valence-corrected chi connectivity index (χ2v) is 5.10. The number of anilines is 1. The van der Waals surface area contributed by atoms with Gasteiger partial charge in [-0.05, 0) is 13.0 Å². The minimum atomic E-state index is -0.967. The predicted octanol–water partition coefficient (Wildman–Crippen LogP) is 3.45. The fraction of sp³-hybridized carbons (Fsp3) is 0.417. The lowest BCUT2D eigenvalue weighted by Crippen LogP contribution is -2.32. The molecule has 1 N–H and O–H groups in total. The summed E-state index contributed by atoms with van der Waals surface area (Å²) in [4.78, 5) is 23.0. The molecule has 6 nitrogen and oxygen atoms in total. The van der Waals surface area contributed by atoms with Crippen molar-refractivity contribution in [2.75, 3.05) is 18.0 Å². The number of halogens is 2. The van der Waals surface area contributed by atoms with Crippen LogP contribution in [-0.4, -0.2) is 29.1 Å². The highest BCUT2D eigenvalue weighted by molar-refractivity contribution is 6.42. The van der Waals surface area contributed by atoms with E-state index in [0.29, 0.717) is 6.54 Å². The molecule has 0 saturated carbocycles. The number of nitrogens with zero attached hydrogens (tertiary/aromatic N) is 2. The molecule has 1 unspecified atom stereocenters. The van der Waals surface area contributed by atoms with Crippen LogP contribution < -0.4 is 4.90 Å². The molecule has 0 saturated heterocycles. The number of rotatable bonds is 6. The minimum absolute atomic E-state index is 0.0875. The average molecular weight is 321 g/mol. The zero-order valence-corrected chi connectivity index (χ0v) is 12.5. The van der Waals surface area contributed by atoms with Gasteiger partial charge in [0.15, 0.2) is 0 Å². The second kappa shape index (κ2) is 6.76. The Kier molecular flexibility index (Phi) is 5.59. The second-order valence-electron chi connectivity index (χ2n) is 4.29. The van der Waals surface area contributed by atoms with Crippen molar-refractivity contribution >= 4 is 40.5 Å². The summed E-state index contributed by atoms with van der Waals surface area (Å²) in [5.41, 5.74) is 0.0684. The Morgan fingerprint density at radius 1 is 1.45 bits per heavy atom. The zero-order chi connectivity index (χ0) is 15.4. The molecule has 0 aliphatic heterocycles. The number of benzene rings is 1. The molecular formula is C12H14Cl2N2O4. The smallest absolute Gasteiger partial charge is 0.308 e. The quantitative estimate of drug-likeness (QED) is 0.641. The van der Waals surface area contributed by atoms with E-state index in [0.717, 1.165) is 0 Å². The first-order valence-electron chi connectivity index (χ1n) is 5.89. The summed E-state index contributed by atoms with van der Waals surface area (Å²) in [6.07, 6.45) is 0. The van der Waals surface area contributed by atoms with Crippen molar-refractivity contribution in [2.45, 2.75) is 13.8 Å². The number of carboxylic acids is 1. The van der Waals surface area contributed by atoms with Crippen LogP contribution >= 0.6 is 23.2 Å². The molecule has 0 aliphatic carbocycles. The first-order chi connectivity index (χ1) is 9.27. The van der Waals surface area contributed by atoms with Crippen LogP contribution in [0.25, 0.3) is 0 Å². The molecule has 1 atom stereocenters. The number of nitro groups is 1. The van der Waals surface area contributed by atoms with E-state index in [-0.39, 0.29) is 28.0 Å². The van der Waals surface area contributed by atoms with Crippen molar-refractivity contribution in [3.05, 3.63) is 32.3 Å². The largest absolute Gasteiger partial charge is 0.481 e. The van der Waals surface area contributed by atoms with E-state index in [4.69, 9.17) is 28.3 Å². The van der Waals surface area contributed by atoms with Gasteiger partial charge in [-0.15, -0.1) is 0 Å². The molecule has 0 aliphatic rings. The van der Waals surface area contributed by atoms with E-state index in [9.17, 15) is 14.9 Å². The fourth-order valence-corrected chi connectivity index (χ4v) is 2.05. The predicted molar refractivity (Wildman–Crippen MR) is 77.8 cm³/mol. The van der Waals surface area contributed by atoms with Crippen LogP contribution in [0.5, 0.6) is 0 Å². The number of hydrogen-bond acceptors (Lipinski definition) is 4. The highest BCUT2D eigenvalue weighted by Crippen LogP contribution is 2.36. The Morgan fingerprint density at radius 3 is 2.45 bits per heavy atom. The first-order valence-corrected chi connectivity index (χ1v) is 6.64. The van der Waals surface area contributed by atoms with Crippen molar-refractivity contribution in [2.24, 2.45) is 5.92 Å². The molecule has 0 amide bonds. The SMILES string of the molecule is CCN(CC(C)C(=O)O)c1cc(Cl)c(Cl)cc1[N+](=O)[O-]. The molecule has 0 aromatic heterocycles. The van der Waals surface area contributed by atoms with Crippen LogP contribution in [0, 0.1) is 16.0 Å². The summed E-state index contributed by atoms with van der Waals surface area (Å²) in [5, 5.41) is 20.3. The van der Waals surface area contributed by atoms with E-state index in [1.54, 1.807) is 11.8 Å². The van der Waals surface area contributed by atoms with Crippen molar-refractivity contribution in [3.8, 4) is 0 Å². The number of carboxylic acid groups (broad SMARTS) is 1.